The van der Waals surface area contributed by atoms with Crippen LogP contribution >= 0.6 is 11.3 Å². The molecule has 3 amide bonds. The monoisotopic (exact) mass is 812 g/mol. The first-order valence-electron chi connectivity index (χ1n) is 20.8. The van der Waals surface area contributed by atoms with Crippen LogP contribution in [-0.2, 0) is 35.1 Å². The summed E-state index contributed by atoms with van der Waals surface area (Å²) in [5.41, 5.74) is 2.12. The number of likely N-dealkylation sites (tertiary alicyclic amines) is 1. The fourth-order valence-electron chi connectivity index (χ4n) is 7.47. The average Bonchev–Trinajstić information content (AvgIpc) is 3.68. The third kappa shape index (κ3) is 14.1. The Kier molecular flexibility index (Phi) is 19.4. The van der Waals surface area contributed by atoms with E-state index in [2.05, 4.69) is 20.9 Å². The van der Waals surface area contributed by atoms with Gasteiger partial charge in [0, 0.05) is 50.1 Å². The van der Waals surface area contributed by atoms with Crippen molar-refractivity contribution in [3.63, 3.8) is 0 Å². The molecule has 0 saturated carbocycles. The standard InChI is InChI=1S/C43H68N6O7S/c1-11-21-49(42(53)38(28(6)12-2)47-40(52)35-16-14-15-22-48(35)10)36(27(4)5)25-37(56-30(8)50)41-46-34(26-57-41)39(51)45-33(23-29(7)43(54)55-13-3)24-31-17-19-32(44-9)20-18-31/h17-20,26-29,33,35-38,44H,11-16,21-25H2,1-10H3,(H,45,51)(H,47,52)/t28-,29?,33+,35+,36+,37+,38-/m0/s1. The molecule has 2 aromatic rings. The summed E-state index contributed by atoms with van der Waals surface area (Å²) >= 11 is 1.22. The number of ether oxygens (including phenoxy) is 2. The van der Waals surface area contributed by atoms with E-state index in [-0.39, 0.29) is 60.4 Å². The number of carbonyl (C=O) groups is 5. The van der Waals surface area contributed by atoms with Crippen LogP contribution in [0.2, 0.25) is 0 Å². The fourth-order valence-corrected chi connectivity index (χ4v) is 8.31. The second kappa shape index (κ2) is 23.4. The number of amides is 3. The number of esters is 2. The first-order valence-corrected chi connectivity index (χ1v) is 21.7. The Balaban J connectivity index is 1.88. The van der Waals surface area contributed by atoms with Crippen LogP contribution in [0.5, 0.6) is 0 Å². The highest BCUT2D eigenvalue weighted by molar-refractivity contribution is 7.09. The molecule has 1 saturated heterocycles. The van der Waals surface area contributed by atoms with E-state index >= 15 is 0 Å². The topological polar surface area (TPSA) is 159 Å². The van der Waals surface area contributed by atoms with Crippen molar-refractivity contribution in [2.24, 2.45) is 17.8 Å². The van der Waals surface area contributed by atoms with Crippen LogP contribution in [-0.4, -0.2) is 102 Å². The largest absolute Gasteiger partial charge is 0.466 e. The van der Waals surface area contributed by atoms with Gasteiger partial charge in [0.1, 0.15) is 16.7 Å². The van der Waals surface area contributed by atoms with Crippen molar-refractivity contribution in [1.82, 2.24) is 25.4 Å². The van der Waals surface area contributed by atoms with E-state index in [0.717, 1.165) is 37.1 Å². The summed E-state index contributed by atoms with van der Waals surface area (Å²) in [5.74, 6) is -2.11. The number of aromatic nitrogens is 1. The van der Waals surface area contributed by atoms with Gasteiger partial charge in [0.25, 0.3) is 5.91 Å². The molecule has 1 aromatic carbocycles. The second-order valence-corrected chi connectivity index (χ2v) is 16.7. The van der Waals surface area contributed by atoms with Crippen molar-refractivity contribution < 1.29 is 33.4 Å². The average molecular weight is 813 g/mol. The summed E-state index contributed by atoms with van der Waals surface area (Å²) in [6.45, 7) is 16.5. The molecule has 0 radical (unpaired) electrons. The van der Waals surface area contributed by atoms with E-state index in [0.29, 0.717) is 37.2 Å². The van der Waals surface area contributed by atoms with Crippen molar-refractivity contribution >= 4 is 46.7 Å². The van der Waals surface area contributed by atoms with Gasteiger partial charge < -0.3 is 30.3 Å². The minimum absolute atomic E-state index is 0.0385. The van der Waals surface area contributed by atoms with Gasteiger partial charge in [0.05, 0.1) is 18.6 Å². The Hall–Kier alpha value is -4.04. The number of anilines is 1. The van der Waals surface area contributed by atoms with Gasteiger partial charge in [-0.1, -0.05) is 66.5 Å². The second-order valence-electron chi connectivity index (χ2n) is 15.8. The molecular formula is C43H68N6O7S. The van der Waals surface area contributed by atoms with Crippen molar-refractivity contribution in [3.8, 4) is 0 Å². The molecule has 318 valence electrons. The molecule has 0 aliphatic carbocycles. The molecule has 57 heavy (non-hydrogen) atoms. The Morgan fingerprint density at radius 1 is 1.00 bits per heavy atom. The van der Waals surface area contributed by atoms with Gasteiger partial charge >= 0.3 is 11.9 Å². The van der Waals surface area contributed by atoms with Gasteiger partial charge in [-0.3, -0.25) is 28.9 Å². The van der Waals surface area contributed by atoms with Crippen molar-refractivity contribution in [3.05, 3.63) is 45.9 Å². The lowest BCUT2D eigenvalue weighted by molar-refractivity contribution is -0.150. The molecular weight excluding hydrogens is 745 g/mol. The van der Waals surface area contributed by atoms with E-state index in [1.165, 1.54) is 18.3 Å². The molecule has 1 fully saturated rings. The lowest BCUT2D eigenvalue weighted by Crippen LogP contribution is -2.58. The van der Waals surface area contributed by atoms with Crippen LogP contribution in [0.1, 0.15) is 127 Å². The highest BCUT2D eigenvalue weighted by Gasteiger charge is 2.38. The van der Waals surface area contributed by atoms with E-state index in [1.807, 2.05) is 77.9 Å². The van der Waals surface area contributed by atoms with Crippen molar-refractivity contribution in [2.75, 3.05) is 39.1 Å². The number of carbonyl (C=O) groups excluding carboxylic acids is 5. The summed E-state index contributed by atoms with van der Waals surface area (Å²) in [7, 11) is 3.80. The molecule has 14 heteroatoms. The molecule has 2 heterocycles. The maximum Gasteiger partial charge on any atom is 0.308 e. The number of thiazole rings is 1. The summed E-state index contributed by atoms with van der Waals surface area (Å²) in [6.07, 6.45) is 4.45. The zero-order chi connectivity index (χ0) is 42.2. The molecule has 0 spiro atoms. The first-order chi connectivity index (χ1) is 27.1. The SMILES string of the molecule is CCCN(C(=O)[C@@H](NC(=O)[C@H]1CCCCN1C)[C@@H](C)CC)[C@H](C[C@@H](OC(C)=O)c1nc(C(=O)N[C@@H](Cc2ccc(NC)cc2)CC(C)C(=O)OCC)cs1)C(C)C. The van der Waals surface area contributed by atoms with Crippen LogP contribution < -0.4 is 16.0 Å². The zero-order valence-electron chi connectivity index (χ0n) is 35.9. The third-order valence-corrected chi connectivity index (χ3v) is 11.9. The van der Waals surface area contributed by atoms with E-state index in [1.54, 1.807) is 19.2 Å². The number of rotatable bonds is 22. The molecule has 1 unspecified atom stereocenters. The highest BCUT2D eigenvalue weighted by atomic mass is 32.1. The maximum atomic E-state index is 14.6. The van der Waals surface area contributed by atoms with Crippen LogP contribution in [0.3, 0.4) is 0 Å². The summed E-state index contributed by atoms with van der Waals surface area (Å²) in [4.78, 5) is 75.8. The first kappa shape index (κ1) is 47.3. The van der Waals surface area contributed by atoms with Crippen LogP contribution in [0.4, 0.5) is 5.69 Å². The summed E-state index contributed by atoms with van der Waals surface area (Å²) in [5, 5.41) is 11.4. The lowest BCUT2D eigenvalue weighted by atomic mass is 9.92. The highest BCUT2D eigenvalue weighted by Crippen LogP contribution is 2.32. The van der Waals surface area contributed by atoms with Crippen LogP contribution in [0, 0.1) is 17.8 Å². The van der Waals surface area contributed by atoms with E-state index in [9.17, 15) is 24.0 Å². The minimum Gasteiger partial charge on any atom is -0.466 e. The number of benzene rings is 1. The smallest absolute Gasteiger partial charge is 0.308 e. The summed E-state index contributed by atoms with van der Waals surface area (Å²) < 4.78 is 11.1. The van der Waals surface area contributed by atoms with E-state index < -0.39 is 36.0 Å². The summed E-state index contributed by atoms with van der Waals surface area (Å²) in [6, 6.07) is 6.13. The maximum absolute atomic E-state index is 14.6. The Bertz CT molecular complexity index is 1600. The van der Waals surface area contributed by atoms with Gasteiger partial charge in [0.15, 0.2) is 6.10 Å². The van der Waals surface area contributed by atoms with Crippen molar-refractivity contribution in [2.45, 2.75) is 137 Å². The number of likely N-dealkylation sites (N-methyl/N-ethyl adjacent to an activating group) is 1. The van der Waals surface area contributed by atoms with Gasteiger partial charge in [-0.15, -0.1) is 11.3 Å². The number of hydrogen-bond donors (Lipinski definition) is 3. The number of nitrogens with one attached hydrogen (secondary N) is 3. The molecule has 7 atom stereocenters. The van der Waals surface area contributed by atoms with E-state index in [4.69, 9.17) is 14.5 Å². The Morgan fingerprint density at radius 3 is 2.28 bits per heavy atom. The van der Waals surface area contributed by atoms with Crippen LogP contribution in [0.25, 0.3) is 0 Å². The van der Waals surface area contributed by atoms with Crippen LogP contribution in [0.15, 0.2) is 29.6 Å². The van der Waals surface area contributed by atoms with Gasteiger partial charge in [-0.2, -0.15) is 0 Å². The predicted molar refractivity (Wildman–Crippen MR) is 225 cm³/mol. The number of nitrogens with zero attached hydrogens (tertiary/aromatic N) is 3. The molecule has 3 N–H and O–H groups in total. The third-order valence-electron chi connectivity index (χ3n) is 10.9. The molecule has 1 aliphatic heterocycles. The molecule has 1 aromatic heterocycles. The minimum atomic E-state index is -0.827. The normalized spacial score (nSPS) is 17.7. The number of piperidine rings is 1. The zero-order valence-corrected chi connectivity index (χ0v) is 36.7. The lowest BCUT2D eigenvalue weighted by Gasteiger charge is -2.40. The molecule has 3 rings (SSSR count). The van der Waals surface area contributed by atoms with Crippen molar-refractivity contribution in [1.29, 1.82) is 0 Å². The fraction of sp³-hybridized carbons (Fsp3) is 0.674. The van der Waals surface area contributed by atoms with Gasteiger partial charge in [-0.25, -0.2) is 4.98 Å². The molecule has 1 aliphatic rings. The van der Waals surface area contributed by atoms with Gasteiger partial charge in [0.2, 0.25) is 11.8 Å². The Labute approximate surface area is 344 Å². The molecule has 13 nitrogen and oxygen atoms in total. The molecule has 0 bridgehead atoms. The number of hydrogen-bond acceptors (Lipinski definition) is 11. The Morgan fingerprint density at radius 2 is 1.70 bits per heavy atom. The predicted octanol–water partition coefficient (Wildman–Crippen LogP) is 6.39. The van der Waals surface area contributed by atoms with Gasteiger partial charge in [-0.05, 0) is 82.2 Å². The quantitative estimate of drug-likeness (QED) is 0.114.